The number of aromatic nitrogens is 5. The van der Waals surface area contributed by atoms with E-state index in [0.717, 1.165) is 50.3 Å². The topological polar surface area (TPSA) is 95.0 Å². The zero-order chi connectivity index (χ0) is 22.2. The average Bonchev–Trinajstić information content (AvgIpc) is 3.37. The smallest absolute Gasteiger partial charge is 0.331 e. The second kappa shape index (κ2) is 8.37. The largest absolute Gasteiger partial charge is 0.331 e. The first-order chi connectivity index (χ1) is 15.6. The van der Waals surface area contributed by atoms with E-state index in [9.17, 15) is 14.4 Å². The number of benzene rings is 1. The molecule has 9 heteroatoms. The highest BCUT2D eigenvalue weighted by Gasteiger charge is 2.34. The second-order valence-electron chi connectivity index (χ2n) is 8.62. The summed E-state index contributed by atoms with van der Waals surface area (Å²) in [6, 6.07) is 6.86. The lowest BCUT2D eigenvalue weighted by molar-refractivity contribution is -0.133. The molecule has 3 aromatic rings. The van der Waals surface area contributed by atoms with Crippen LogP contribution in [0.3, 0.4) is 0 Å². The Bertz CT molecular complexity index is 1290. The highest BCUT2D eigenvalue weighted by atomic mass is 16.2. The number of fused-ring (bicyclic) bond motifs is 2. The van der Waals surface area contributed by atoms with Crippen LogP contribution in [0.25, 0.3) is 10.9 Å². The minimum absolute atomic E-state index is 0.100. The molecule has 2 aliphatic rings. The Morgan fingerprint density at radius 2 is 1.88 bits per heavy atom. The van der Waals surface area contributed by atoms with Crippen LogP contribution in [0.15, 0.2) is 33.9 Å². The fraction of sp³-hybridized carbons (Fsp3) is 0.522. The van der Waals surface area contributed by atoms with Crippen LogP contribution < -0.4 is 11.2 Å². The van der Waals surface area contributed by atoms with Crippen LogP contribution in [0.1, 0.15) is 56.7 Å². The van der Waals surface area contributed by atoms with E-state index in [2.05, 4.69) is 14.8 Å². The highest BCUT2D eigenvalue weighted by molar-refractivity contribution is 5.82. The summed E-state index contributed by atoms with van der Waals surface area (Å²) in [7, 11) is 0. The van der Waals surface area contributed by atoms with Gasteiger partial charge in [-0.2, -0.15) is 0 Å². The number of para-hydroxylation sites is 1. The van der Waals surface area contributed by atoms with E-state index in [1.54, 1.807) is 31.2 Å². The molecule has 1 atom stereocenters. The van der Waals surface area contributed by atoms with Crippen molar-refractivity contribution >= 4 is 16.8 Å². The molecule has 0 radical (unpaired) electrons. The quantitative estimate of drug-likeness (QED) is 0.622. The van der Waals surface area contributed by atoms with Crippen LogP contribution in [0.2, 0.25) is 0 Å². The Balaban J connectivity index is 1.50. The van der Waals surface area contributed by atoms with Gasteiger partial charge in [-0.3, -0.25) is 18.7 Å². The average molecular weight is 437 g/mol. The van der Waals surface area contributed by atoms with Crippen molar-refractivity contribution in [3.05, 3.63) is 56.8 Å². The van der Waals surface area contributed by atoms with Gasteiger partial charge < -0.3 is 9.47 Å². The first-order valence-corrected chi connectivity index (χ1v) is 11.5. The van der Waals surface area contributed by atoms with Crippen LogP contribution in [-0.4, -0.2) is 41.3 Å². The van der Waals surface area contributed by atoms with Gasteiger partial charge in [0, 0.05) is 26.1 Å². The molecule has 4 heterocycles. The number of hydrogen-bond acceptors (Lipinski definition) is 5. The summed E-state index contributed by atoms with van der Waals surface area (Å²) in [5.74, 6) is 1.74. The van der Waals surface area contributed by atoms with Gasteiger partial charge in [-0.1, -0.05) is 18.6 Å². The van der Waals surface area contributed by atoms with E-state index in [1.165, 1.54) is 15.6 Å². The van der Waals surface area contributed by atoms with Crippen LogP contribution in [-0.2, 0) is 30.8 Å². The second-order valence-corrected chi connectivity index (χ2v) is 8.62. The Hall–Kier alpha value is -3.23. The Morgan fingerprint density at radius 1 is 1.03 bits per heavy atom. The van der Waals surface area contributed by atoms with Crippen molar-refractivity contribution in [1.29, 1.82) is 0 Å². The number of amides is 1. The number of aryl methyl sites for hydroxylation is 1. The maximum atomic E-state index is 13.5. The Labute approximate surface area is 185 Å². The molecule has 0 N–H and O–H groups in total. The third-order valence-corrected chi connectivity index (χ3v) is 6.75. The molecule has 1 saturated heterocycles. The summed E-state index contributed by atoms with van der Waals surface area (Å²) in [5, 5.41) is 9.33. The van der Waals surface area contributed by atoms with E-state index in [-0.39, 0.29) is 30.6 Å². The molecular weight excluding hydrogens is 408 g/mol. The maximum Gasteiger partial charge on any atom is 0.331 e. The monoisotopic (exact) mass is 436 g/mol. The summed E-state index contributed by atoms with van der Waals surface area (Å²) < 4.78 is 4.82. The fourth-order valence-electron chi connectivity index (χ4n) is 5.12. The highest BCUT2D eigenvalue weighted by Crippen LogP contribution is 2.32. The van der Waals surface area contributed by atoms with E-state index < -0.39 is 5.69 Å². The predicted molar refractivity (Wildman–Crippen MR) is 119 cm³/mol. The third-order valence-electron chi connectivity index (χ3n) is 6.75. The minimum Gasteiger partial charge on any atom is -0.331 e. The first kappa shape index (κ1) is 20.7. The number of carbonyl (C=O) groups excluding carboxylic acids is 1. The number of hydrogen-bond donors (Lipinski definition) is 0. The molecule has 5 rings (SSSR count). The van der Waals surface area contributed by atoms with E-state index in [0.29, 0.717) is 17.4 Å². The molecule has 168 valence electrons. The molecule has 1 fully saturated rings. The number of rotatable bonds is 4. The third kappa shape index (κ3) is 3.36. The predicted octanol–water partition coefficient (Wildman–Crippen LogP) is 1.86. The Morgan fingerprint density at radius 3 is 2.72 bits per heavy atom. The van der Waals surface area contributed by atoms with Crippen molar-refractivity contribution in [3.63, 3.8) is 0 Å². The molecule has 0 bridgehead atoms. The minimum atomic E-state index is -0.448. The van der Waals surface area contributed by atoms with Gasteiger partial charge in [0.2, 0.25) is 5.91 Å². The molecular formula is C23H28N6O3. The van der Waals surface area contributed by atoms with Crippen molar-refractivity contribution in [3.8, 4) is 0 Å². The number of nitrogens with zero attached hydrogens (tertiary/aromatic N) is 6. The summed E-state index contributed by atoms with van der Waals surface area (Å²) in [5.41, 5.74) is -0.272. The van der Waals surface area contributed by atoms with Gasteiger partial charge in [0.05, 0.1) is 16.9 Å². The van der Waals surface area contributed by atoms with E-state index >= 15 is 0 Å². The van der Waals surface area contributed by atoms with Gasteiger partial charge in [0.25, 0.3) is 5.56 Å². The number of likely N-dealkylation sites (tertiary alicyclic amines) is 1. The Kier molecular flexibility index (Phi) is 5.40. The van der Waals surface area contributed by atoms with E-state index in [4.69, 9.17) is 0 Å². The maximum absolute atomic E-state index is 13.5. The van der Waals surface area contributed by atoms with E-state index in [1.807, 2.05) is 4.90 Å². The SMILES string of the molecule is CCn1c(=O)c2ccccc2n(CC(=O)N2CCC[C@H]2c2nnc3n2CCCCC3)c1=O. The van der Waals surface area contributed by atoms with Crippen LogP contribution in [0, 0.1) is 0 Å². The first-order valence-electron chi connectivity index (χ1n) is 11.5. The van der Waals surface area contributed by atoms with Crippen molar-refractivity contribution in [2.75, 3.05) is 6.54 Å². The molecule has 0 spiro atoms. The molecule has 0 aliphatic carbocycles. The van der Waals surface area contributed by atoms with Gasteiger partial charge in [0.15, 0.2) is 5.82 Å². The van der Waals surface area contributed by atoms with Crippen molar-refractivity contribution in [1.82, 2.24) is 28.8 Å². The standard InChI is InChI=1S/C23H28N6O3/c1-2-26-22(31)16-9-5-6-10-17(16)29(23(26)32)15-20(30)27-14-8-11-18(27)21-25-24-19-12-4-3-7-13-28(19)21/h5-6,9-10,18H,2-4,7-8,11-15H2,1H3/t18-/m0/s1. The summed E-state index contributed by atoms with van der Waals surface area (Å²) >= 11 is 0. The van der Waals surface area contributed by atoms with Crippen molar-refractivity contribution in [2.45, 2.75) is 71.1 Å². The van der Waals surface area contributed by atoms with Crippen LogP contribution in [0.5, 0.6) is 0 Å². The van der Waals surface area contributed by atoms with Crippen LogP contribution in [0.4, 0.5) is 0 Å². The van der Waals surface area contributed by atoms with Gasteiger partial charge in [-0.15, -0.1) is 10.2 Å². The molecule has 2 aromatic heterocycles. The molecule has 32 heavy (non-hydrogen) atoms. The molecule has 9 nitrogen and oxygen atoms in total. The van der Waals surface area contributed by atoms with Gasteiger partial charge in [-0.25, -0.2) is 4.79 Å². The zero-order valence-corrected chi connectivity index (χ0v) is 18.4. The molecule has 0 unspecified atom stereocenters. The molecule has 0 saturated carbocycles. The van der Waals surface area contributed by atoms with Gasteiger partial charge in [0.1, 0.15) is 12.4 Å². The molecule has 1 aromatic carbocycles. The summed E-state index contributed by atoms with van der Waals surface area (Å²) in [6.07, 6.45) is 6.05. The summed E-state index contributed by atoms with van der Waals surface area (Å²) in [4.78, 5) is 41.0. The van der Waals surface area contributed by atoms with Crippen molar-refractivity contribution < 1.29 is 4.79 Å². The van der Waals surface area contributed by atoms with Crippen LogP contribution >= 0.6 is 0 Å². The molecule has 2 aliphatic heterocycles. The molecule has 1 amide bonds. The summed E-state index contributed by atoms with van der Waals surface area (Å²) in [6.45, 7) is 3.44. The van der Waals surface area contributed by atoms with Gasteiger partial charge in [-0.05, 0) is 44.7 Å². The lowest BCUT2D eigenvalue weighted by Crippen LogP contribution is -2.43. The van der Waals surface area contributed by atoms with Crippen molar-refractivity contribution in [2.24, 2.45) is 0 Å². The van der Waals surface area contributed by atoms with Gasteiger partial charge >= 0.3 is 5.69 Å². The fourth-order valence-corrected chi connectivity index (χ4v) is 5.12. The number of carbonyl (C=O) groups is 1. The normalized spacial score (nSPS) is 18.7. The lowest BCUT2D eigenvalue weighted by Gasteiger charge is -2.25. The zero-order valence-electron chi connectivity index (χ0n) is 18.4. The lowest BCUT2D eigenvalue weighted by atomic mass is 10.2.